The number of aryl methyl sites for hydroxylation is 1. The molecular weight excluding hydrogens is 318 g/mol. The highest BCUT2D eigenvalue weighted by atomic mass is 16.5. The molecule has 6 nitrogen and oxygen atoms in total. The van der Waals surface area contributed by atoms with Gasteiger partial charge >= 0.3 is 0 Å². The molecule has 25 heavy (non-hydrogen) atoms. The van der Waals surface area contributed by atoms with Crippen LogP contribution in [0.4, 0.5) is 5.69 Å². The maximum Gasteiger partial charge on any atom is 0.221 e. The van der Waals surface area contributed by atoms with Crippen molar-refractivity contribution >= 4 is 22.6 Å². The van der Waals surface area contributed by atoms with E-state index >= 15 is 0 Å². The smallest absolute Gasteiger partial charge is 0.221 e. The molecule has 0 aliphatic rings. The summed E-state index contributed by atoms with van der Waals surface area (Å²) >= 11 is 0. The normalized spacial score (nSPS) is 12.1. The zero-order chi connectivity index (χ0) is 17.8. The van der Waals surface area contributed by atoms with Gasteiger partial charge in [0.05, 0.1) is 17.6 Å². The summed E-state index contributed by atoms with van der Waals surface area (Å²) in [4.78, 5) is 15.5. The van der Waals surface area contributed by atoms with Gasteiger partial charge in [-0.3, -0.25) is 4.79 Å². The Kier molecular flexibility index (Phi) is 5.00. The summed E-state index contributed by atoms with van der Waals surface area (Å²) in [5.41, 5.74) is 2.63. The van der Waals surface area contributed by atoms with E-state index < -0.39 is 6.10 Å². The predicted molar refractivity (Wildman–Crippen MR) is 96.7 cm³/mol. The van der Waals surface area contributed by atoms with Crippen molar-refractivity contribution in [2.75, 3.05) is 11.9 Å². The Labute approximate surface area is 146 Å². The Morgan fingerprint density at radius 3 is 2.68 bits per heavy atom. The van der Waals surface area contributed by atoms with Crippen LogP contribution in [0.5, 0.6) is 5.75 Å². The first-order valence-electron chi connectivity index (χ1n) is 8.13. The highest BCUT2D eigenvalue weighted by molar-refractivity contribution is 5.88. The zero-order valence-electron chi connectivity index (χ0n) is 14.3. The summed E-state index contributed by atoms with van der Waals surface area (Å²) in [6, 6.07) is 14.9. The minimum atomic E-state index is -0.661. The zero-order valence-corrected chi connectivity index (χ0v) is 14.3. The lowest BCUT2D eigenvalue weighted by Crippen LogP contribution is -2.24. The molecule has 3 rings (SSSR count). The summed E-state index contributed by atoms with van der Waals surface area (Å²) < 4.78 is 7.62. The van der Waals surface area contributed by atoms with Gasteiger partial charge in [0, 0.05) is 12.6 Å². The number of imidazole rings is 1. The number of aliphatic hydroxyl groups excluding tert-OH is 1. The molecular formula is C19H21N3O3. The van der Waals surface area contributed by atoms with Crippen LogP contribution in [0.25, 0.3) is 11.0 Å². The van der Waals surface area contributed by atoms with E-state index in [1.54, 1.807) is 24.3 Å². The summed E-state index contributed by atoms with van der Waals surface area (Å²) in [7, 11) is 0. The van der Waals surface area contributed by atoms with Crippen molar-refractivity contribution in [3.8, 4) is 5.75 Å². The Morgan fingerprint density at radius 1 is 1.24 bits per heavy atom. The van der Waals surface area contributed by atoms with Crippen molar-refractivity contribution in [1.82, 2.24) is 9.55 Å². The fraction of sp³-hybridized carbons (Fsp3) is 0.263. The number of carbonyl (C=O) groups is 1. The summed E-state index contributed by atoms with van der Waals surface area (Å²) in [6.45, 7) is 3.97. The van der Waals surface area contributed by atoms with E-state index in [0.717, 1.165) is 16.9 Å². The standard InChI is InChI=1S/C19H21N3O3/c1-13-20-18-5-3-4-6-19(18)22(13)11-16(24)12-25-17-9-7-15(8-10-17)21-14(2)23/h3-10,16,24H,11-12H2,1-2H3,(H,21,23). The van der Waals surface area contributed by atoms with E-state index in [1.165, 1.54) is 6.92 Å². The molecule has 0 radical (unpaired) electrons. The summed E-state index contributed by atoms with van der Waals surface area (Å²) in [5, 5.41) is 13.0. The van der Waals surface area contributed by atoms with Crippen LogP contribution >= 0.6 is 0 Å². The van der Waals surface area contributed by atoms with Gasteiger partial charge in [0.25, 0.3) is 0 Å². The number of hydrogen-bond acceptors (Lipinski definition) is 4. The van der Waals surface area contributed by atoms with Gasteiger partial charge in [0.15, 0.2) is 0 Å². The van der Waals surface area contributed by atoms with Crippen LogP contribution in [0, 0.1) is 6.92 Å². The van der Waals surface area contributed by atoms with E-state index in [0.29, 0.717) is 18.0 Å². The van der Waals surface area contributed by atoms with Crippen LogP contribution in [0.2, 0.25) is 0 Å². The van der Waals surface area contributed by atoms with Gasteiger partial charge in [-0.25, -0.2) is 4.98 Å². The number of aromatic nitrogens is 2. The molecule has 0 saturated heterocycles. The lowest BCUT2D eigenvalue weighted by molar-refractivity contribution is -0.114. The van der Waals surface area contributed by atoms with Crippen LogP contribution in [0.15, 0.2) is 48.5 Å². The van der Waals surface area contributed by atoms with E-state index in [-0.39, 0.29) is 12.5 Å². The number of hydrogen-bond donors (Lipinski definition) is 2. The van der Waals surface area contributed by atoms with Crippen molar-refractivity contribution in [3.05, 3.63) is 54.4 Å². The SMILES string of the molecule is CC(=O)Nc1ccc(OCC(O)Cn2c(C)nc3ccccc32)cc1. The fourth-order valence-corrected chi connectivity index (χ4v) is 2.72. The van der Waals surface area contributed by atoms with Gasteiger partial charge in [0.1, 0.15) is 24.3 Å². The van der Waals surface area contributed by atoms with Crippen molar-refractivity contribution in [2.45, 2.75) is 26.5 Å². The molecule has 6 heteroatoms. The molecule has 1 unspecified atom stereocenters. The molecule has 0 fully saturated rings. The molecule has 0 aliphatic carbocycles. The van der Waals surface area contributed by atoms with Gasteiger partial charge in [-0.05, 0) is 43.3 Å². The van der Waals surface area contributed by atoms with Crippen molar-refractivity contribution in [2.24, 2.45) is 0 Å². The number of carbonyl (C=O) groups excluding carboxylic acids is 1. The largest absolute Gasteiger partial charge is 0.491 e. The molecule has 0 spiro atoms. The van der Waals surface area contributed by atoms with Crippen LogP contribution < -0.4 is 10.1 Å². The lowest BCUT2D eigenvalue weighted by Gasteiger charge is -2.15. The average Bonchev–Trinajstić information content (AvgIpc) is 2.89. The monoisotopic (exact) mass is 339 g/mol. The van der Waals surface area contributed by atoms with Gasteiger partial charge in [-0.15, -0.1) is 0 Å². The highest BCUT2D eigenvalue weighted by Crippen LogP contribution is 2.18. The Hall–Kier alpha value is -2.86. The van der Waals surface area contributed by atoms with E-state index in [9.17, 15) is 9.90 Å². The Morgan fingerprint density at radius 2 is 1.96 bits per heavy atom. The minimum absolute atomic E-state index is 0.119. The first-order valence-corrected chi connectivity index (χ1v) is 8.13. The fourth-order valence-electron chi connectivity index (χ4n) is 2.72. The number of amides is 1. The molecule has 1 heterocycles. The molecule has 0 aliphatic heterocycles. The number of anilines is 1. The summed E-state index contributed by atoms with van der Waals surface area (Å²) in [5.74, 6) is 1.38. The number of nitrogens with zero attached hydrogens (tertiary/aromatic N) is 2. The number of para-hydroxylation sites is 2. The molecule has 2 aromatic carbocycles. The molecule has 0 bridgehead atoms. The van der Waals surface area contributed by atoms with Gasteiger partial charge in [-0.2, -0.15) is 0 Å². The Bertz CT molecular complexity index is 871. The lowest BCUT2D eigenvalue weighted by atomic mass is 10.3. The number of rotatable bonds is 6. The number of benzene rings is 2. The average molecular weight is 339 g/mol. The number of nitrogens with one attached hydrogen (secondary N) is 1. The van der Waals surface area contributed by atoms with Crippen LogP contribution in [-0.4, -0.2) is 33.3 Å². The molecule has 3 aromatic rings. The summed E-state index contributed by atoms with van der Waals surface area (Å²) in [6.07, 6.45) is -0.661. The molecule has 130 valence electrons. The highest BCUT2D eigenvalue weighted by Gasteiger charge is 2.12. The van der Waals surface area contributed by atoms with Crippen LogP contribution in [-0.2, 0) is 11.3 Å². The van der Waals surface area contributed by atoms with Crippen LogP contribution in [0.3, 0.4) is 0 Å². The van der Waals surface area contributed by atoms with Crippen molar-refractivity contribution in [3.63, 3.8) is 0 Å². The van der Waals surface area contributed by atoms with Crippen molar-refractivity contribution in [1.29, 1.82) is 0 Å². The number of aliphatic hydroxyl groups is 1. The molecule has 1 amide bonds. The van der Waals surface area contributed by atoms with E-state index in [4.69, 9.17) is 4.74 Å². The quantitative estimate of drug-likeness (QED) is 0.724. The third-order valence-electron chi connectivity index (χ3n) is 3.86. The molecule has 2 N–H and O–H groups in total. The first-order chi connectivity index (χ1) is 12.0. The second-order valence-corrected chi connectivity index (χ2v) is 5.93. The second kappa shape index (κ2) is 7.36. The maximum atomic E-state index is 11.0. The Balaban J connectivity index is 1.60. The number of ether oxygens (including phenoxy) is 1. The number of fused-ring (bicyclic) bond motifs is 1. The minimum Gasteiger partial charge on any atom is -0.491 e. The van der Waals surface area contributed by atoms with Gasteiger partial charge in [-0.1, -0.05) is 12.1 Å². The maximum absolute atomic E-state index is 11.0. The van der Waals surface area contributed by atoms with E-state index in [1.807, 2.05) is 35.8 Å². The molecule has 1 aromatic heterocycles. The third kappa shape index (κ3) is 4.16. The third-order valence-corrected chi connectivity index (χ3v) is 3.86. The topological polar surface area (TPSA) is 76.4 Å². The van der Waals surface area contributed by atoms with Gasteiger partial charge in [0.2, 0.25) is 5.91 Å². The molecule has 0 saturated carbocycles. The van der Waals surface area contributed by atoms with Gasteiger partial charge < -0.3 is 19.7 Å². The predicted octanol–water partition coefficient (Wildman–Crippen LogP) is 2.74. The molecule has 1 atom stereocenters. The first kappa shape index (κ1) is 17.0. The van der Waals surface area contributed by atoms with Crippen LogP contribution in [0.1, 0.15) is 12.7 Å². The second-order valence-electron chi connectivity index (χ2n) is 5.93. The van der Waals surface area contributed by atoms with Crippen molar-refractivity contribution < 1.29 is 14.6 Å². The van der Waals surface area contributed by atoms with E-state index in [2.05, 4.69) is 10.3 Å².